The normalized spacial score (nSPS) is 16.9. The second-order valence-electron chi connectivity index (χ2n) is 17.6. The van der Waals surface area contributed by atoms with Crippen molar-refractivity contribution in [2.24, 2.45) is 19.5 Å². The number of pyridine rings is 3. The Hall–Kier alpha value is -5.78. The van der Waals surface area contributed by atoms with Crippen LogP contribution in [0.3, 0.4) is 0 Å². The quantitative estimate of drug-likeness (QED) is 0.167. The maximum absolute atomic E-state index is 13.9. The van der Waals surface area contributed by atoms with Gasteiger partial charge in [-0.15, -0.1) is 0 Å². The molecule has 324 valence electrons. The van der Waals surface area contributed by atoms with E-state index in [0.29, 0.717) is 74.3 Å². The van der Waals surface area contributed by atoms with E-state index in [2.05, 4.69) is 68.2 Å². The number of fused-ring (bicyclic) bond motifs is 3. The molecule has 0 bridgehead atoms. The zero-order valence-electron chi connectivity index (χ0n) is 36.2. The van der Waals surface area contributed by atoms with E-state index in [1.807, 2.05) is 58.6 Å². The second kappa shape index (κ2) is 16.2. The maximum Gasteiger partial charge on any atom is 0.276 e. The van der Waals surface area contributed by atoms with E-state index in [-0.39, 0.29) is 28.5 Å². The lowest BCUT2D eigenvalue weighted by Crippen LogP contribution is -2.41. The van der Waals surface area contributed by atoms with Crippen molar-refractivity contribution in [1.82, 2.24) is 38.2 Å². The lowest BCUT2D eigenvalue weighted by atomic mass is 9.90. The van der Waals surface area contributed by atoms with Gasteiger partial charge in [-0.05, 0) is 89.8 Å². The fraction of sp³-hybridized carbons (Fsp3) is 0.422. The number of carbonyl (C=O) groups is 1. The number of hydrogen-bond acceptors (Lipinski definition) is 10. The van der Waals surface area contributed by atoms with Gasteiger partial charge in [0.25, 0.3) is 17.0 Å². The summed E-state index contributed by atoms with van der Waals surface area (Å²) >= 11 is 3.38. The van der Waals surface area contributed by atoms with Crippen molar-refractivity contribution >= 4 is 50.7 Å². The first kappa shape index (κ1) is 41.6. The highest BCUT2D eigenvalue weighted by Gasteiger charge is 2.37. The molecule has 1 aliphatic carbocycles. The Labute approximate surface area is 367 Å². The lowest BCUT2D eigenvalue weighted by Gasteiger charge is -2.31. The molecule has 6 aromatic heterocycles. The van der Waals surface area contributed by atoms with E-state index >= 15 is 0 Å². The van der Waals surface area contributed by atoms with E-state index in [0.717, 1.165) is 57.6 Å². The van der Waals surface area contributed by atoms with E-state index in [9.17, 15) is 14.4 Å². The summed E-state index contributed by atoms with van der Waals surface area (Å²) in [4.78, 5) is 45.6. The summed E-state index contributed by atoms with van der Waals surface area (Å²) in [5.41, 5.74) is 9.18. The van der Waals surface area contributed by atoms with Crippen molar-refractivity contribution in [2.45, 2.75) is 72.5 Å². The van der Waals surface area contributed by atoms with Gasteiger partial charge in [0.1, 0.15) is 22.9 Å². The summed E-state index contributed by atoms with van der Waals surface area (Å²) in [6, 6.07) is 12.1. The van der Waals surface area contributed by atoms with Gasteiger partial charge in [-0.3, -0.25) is 28.6 Å². The SMILES string of the molecule is CCc1c(-c2cc(Nc3cc(C)n(C4COC4)n3)c(=O)n(C)c2)ccnc1N1CCn2c(cc3c2CC(C)(C)C3)C1=O.Cc1cc(Nc2cc(Br)cn(C)c2=O)nn1C1COC1. The predicted octanol–water partition coefficient (Wildman–Crippen LogP) is 6.38. The third-order valence-corrected chi connectivity index (χ3v) is 12.6. The number of nitrogens with zero attached hydrogens (tertiary/aromatic N) is 9. The molecule has 2 saturated heterocycles. The Bertz CT molecular complexity index is 2840. The second-order valence-corrected chi connectivity index (χ2v) is 18.5. The molecule has 0 aromatic carbocycles. The molecule has 2 N–H and O–H groups in total. The third-order valence-electron chi connectivity index (χ3n) is 12.2. The minimum atomic E-state index is -0.145. The van der Waals surface area contributed by atoms with Crippen LogP contribution < -0.4 is 26.7 Å². The zero-order chi connectivity index (χ0) is 43.6. The summed E-state index contributed by atoms with van der Waals surface area (Å²) in [7, 11) is 3.47. The molecule has 0 saturated carbocycles. The van der Waals surface area contributed by atoms with Crippen molar-refractivity contribution < 1.29 is 14.3 Å². The molecule has 4 aliphatic rings. The van der Waals surface area contributed by atoms with E-state index in [1.165, 1.54) is 15.8 Å². The van der Waals surface area contributed by atoms with Crippen LogP contribution in [-0.2, 0) is 49.4 Å². The highest BCUT2D eigenvalue weighted by Crippen LogP contribution is 2.40. The first-order valence-electron chi connectivity index (χ1n) is 21.1. The van der Waals surface area contributed by atoms with Crippen LogP contribution in [0.15, 0.2) is 69.1 Å². The number of nitrogens with one attached hydrogen (secondary N) is 2. The number of anilines is 5. The van der Waals surface area contributed by atoms with Crippen molar-refractivity contribution in [3.63, 3.8) is 0 Å². The Morgan fingerprint density at radius 3 is 1.98 bits per heavy atom. The molecular formula is C45H52BrN11O5. The van der Waals surface area contributed by atoms with Crippen molar-refractivity contribution in [1.29, 1.82) is 0 Å². The Morgan fingerprint density at radius 1 is 0.806 bits per heavy atom. The first-order chi connectivity index (χ1) is 29.7. The summed E-state index contributed by atoms with van der Waals surface area (Å²) < 4.78 is 20.6. The van der Waals surface area contributed by atoms with Gasteiger partial charge >= 0.3 is 0 Å². The van der Waals surface area contributed by atoms with Gasteiger partial charge in [-0.2, -0.15) is 10.2 Å². The molecule has 3 aliphatic heterocycles. The Balaban J connectivity index is 0.000000205. The fourth-order valence-corrected chi connectivity index (χ4v) is 9.53. The molecule has 16 nitrogen and oxygen atoms in total. The maximum atomic E-state index is 13.9. The van der Waals surface area contributed by atoms with E-state index in [1.54, 1.807) is 37.1 Å². The van der Waals surface area contributed by atoms with E-state index in [4.69, 9.17) is 14.5 Å². The highest BCUT2D eigenvalue weighted by atomic mass is 79.9. The molecule has 6 aromatic rings. The first-order valence-corrected chi connectivity index (χ1v) is 21.9. The van der Waals surface area contributed by atoms with Crippen LogP contribution in [0.5, 0.6) is 0 Å². The molecule has 2 fully saturated rings. The Kier molecular flexibility index (Phi) is 10.8. The molecular weight excluding hydrogens is 854 g/mol. The molecule has 1 amide bonds. The minimum absolute atomic E-state index is 0.00144. The van der Waals surface area contributed by atoms with Crippen molar-refractivity contribution in [3.8, 4) is 11.1 Å². The largest absolute Gasteiger partial charge is 0.377 e. The number of carbonyl (C=O) groups excluding carboxylic acids is 1. The molecule has 0 radical (unpaired) electrons. The van der Waals surface area contributed by atoms with Gasteiger partial charge in [0.05, 0.1) is 38.5 Å². The molecule has 0 spiro atoms. The topological polar surface area (TPSA) is 160 Å². The summed E-state index contributed by atoms with van der Waals surface area (Å²) in [6.07, 6.45) is 8.02. The van der Waals surface area contributed by atoms with Crippen LogP contribution in [0, 0.1) is 19.3 Å². The fourth-order valence-electron chi connectivity index (χ4n) is 9.00. The average molecular weight is 907 g/mol. The van der Waals surface area contributed by atoms with Crippen LogP contribution in [0.2, 0.25) is 0 Å². The van der Waals surface area contributed by atoms with Crippen LogP contribution in [0.25, 0.3) is 11.1 Å². The number of amides is 1. The van der Waals surface area contributed by atoms with Crippen molar-refractivity contribution in [2.75, 3.05) is 48.5 Å². The standard InChI is InChI=1S/C32H37N7O3.C13H15BrN4O2/c1-6-23-24(21-12-25(30(40)36(5)16-21)34-28-11-19(2)39(35-28)22-17-42-18-22)7-8-33-29(23)38-10-9-37-26(31(38)41)13-20-14-32(3,4)15-27(20)37;1-8-3-12(16-18(8)10-6-20-7-10)15-11-4-9(14)5-17(2)13(11)19/h7-8,11-13,16,22H,6,9-10,14-15,17-18H2,1-5H3,(H,34,35);3-5,10H,6-7H2,1-2H3,(H,15,16). The lowest BCUT2D eigenvalue weighted by molar-refractivity contribution is -0.0294. The number of halogens is 1. The van der Waals surface area contributed by atoms with Crippen molar-refractivity contribution in [3.05, 3.63) is 114 Å². The smallest absolute Gasteiger partial charge is 0.276 e. The van der Waals surface area contributed by atoms with Crippen LogP contribution in [-0.4, -0.2) is 77.1 Å². The summed E-state index contributed by atoms with van der Waals surface area (Å²) in [6.45, 7) is 14.7. The van der Waals surface area contributed by atoms with Crippen LogP contribution >= 0.6 is 15.9 Å². The minimum Gasteiger partial charge on any atom is -0.377 e. The number of rotatable bonds is 9. The third kappa shape index (κ3) is 7.70. The van der Waals surface area contributed by atoms with Gasteiger partial charge < -0.3 is 33.8 Å². The Morgan fingerprint density at radius 2 is 1.40 bits per heavy atom. The summed E-state index contributed by atoms with van der Waals surface area (Å²) in [5, 5.41) is 15.5. The van der Waals surface area contributed by atoms with Gasteiger partial charge in [-0.1, -0.05) is 20.8 Å². The average Bonchev–Trinajstić information content (AvgIpc) is 3.91. The molecule has 10 rings (SSSR count). The molecule has 9 heterocycles. The van der Waals surface area contributed by atoms with Gasteiger partial charge in [0, 0.05) is 90.6 Å². The number of ether oxygens (including phenoxy) is 2. The molecule has 17 heteroatoms. The number of aryl methyl sites for hydroxylation is 4. The molecule has 62 heavy (non-hydrogen) atoms. The van der Waals surface area contributed by atoms with Gasteiger partial charge in [0.2, 0.25) is 0 Å². The summed E-state index contributed by atoms with van der Waals surface area (Å²) in [5.74, 6) is 1.98. The molecule has 0 unspecified atom stereocenters. The number of hydrogen-bond donors (Lipinski definition) is 2. The highest BCUT2D eigenvalue weighted by molar-refractivity contribution is 9.10. The van der Waals surface area contributed by atoms with E-state index < -0.39 is 0 Å². The van der Waals surface area contributed by atoms with Gasteiger partial charge in [-0.25, -0.2) is 4.98 Å². The zero-order valence-corrected chi connectivity index (χ0v) is 37.7. The monoisotopic (exact) mass is 905 g/mol. The molecule has 0 atom stereocenters. The van der Waals surface area contributed by atoms with Crippen LogP contribution in [0.1, 0.15) is 71.6 Å². The van der Waals surface area contributed by atoms with Gasteiger partial charge in [0.15, 0.2) is 11.6 Å². The predicted molar refractivity (Wildman–Crippen MR) is 241 cm³/mol. The van der Waals surface area contributed by atoms with Crippen LogP contribution in [0.4, 0.5) is 28.8 Å². The number of aromatic nitrogens is 8.